The van der Waals surface area contributed by atoms with Crippen molar-refractivity contribution in [3.8, 4) is 5.75 Å². The van der Waals surface area contributed by atoms with Crippen LogP contribution in [0.25, 0.3) is 6.08 Å². The van der Waals surface area contributed by atoms with Crippen molar-refractivity contribution in [3.05, 3.63) is 59.0 Å². The maximum Gasteiger partial charge on any atom is 0.294 e. The topological polar surface area (TPSA) is 88.2 Å². The smallest absolute Gasteiger partial charge is 0.294 e. The summed E-state index contributed by atoms with van der Waals surface area (Å²) in [5.41, 5.74) is 2.37. The number of imide groups is 1. The summed E-state index contributed by atoms with van der Waals surface area (Å²) < 4.78 is 11.3. The molecule has 4 rings (SSSR count). The number of hydrogen-bond acceptors (Lipinski definition) is 7. The Balaban J connectivity index is 1.38. The molecule has 0 bridgehead atoms. The summed E-state index contributed by atoms with van der Waals surface area (Å²) in [5, 5.41) is 2.29. The number of amides is 3. The molecule has 8 nitrogen and oxygen atoms in total. The third-order valence-corrected chi connectivity index (χ3v) is 6.72. The number of thioether (sulfide) groups is 1. The van der Waals surface area contributed by atoms with Gasteiger partial charge in [-0.25, -0.2) is 0 Å². The zero-order valence-corrected chi connectivity index (χ0v) is 20.7. The molecule has 0 radical (unpaired) electrons. The van der Waals surface area contributed by atoms with E-state index in [1.165, 1.54) is 0 Å². The van der Waals surface area contributed by atoms with E-state index < -0.39 is 17.1 Å². The Kier molecular flexibility index (Phi) is 8.09. The van der Waals surface area contributed by atoms with Gasteiger partial charge in [0.05, 0.1) is 24.2 Å². The molecule has 35 heavy (non-hydrogen) atoms. The first-order chi connectivity index (χ1) is 16.9. The van der Waals surface area contributed by atoms with E-state index >= 15 is 0 Å². The Morgan fingerprint density at radius 1 is 1.14 bits per heavy atom. The van der Waals surface area contributed by atoms with Crippen LogP contribution >= 0.6 is 11.8 Å². The fraction of sp³-hybridized carbons (Fsp3) is 0.346. The van der Waals surface area contributed by atoms with Crippen molar-refractivity contribution in [2.75, 3.05) is 43.1 Å². The third kappa shape index (κ3) is 6.23. The van der Waals surface area contributed by atoms with Crippen LogP contribution in [0.5, 0.6) is 5.75 Å². The summed E-state index contributed by atoms with van der Waals surface area (Å²) in [6.07, 6.45) is 2.51. The lowest BCUT2D eigenvalue weighted by molar-refractivity contribution is -0.127. The highest BCUT2D eigenvalue weighted by Crippen LogP contribution is 2.34. The van der Waals surface area contributed by atoms with Gasteiger partial charge in [0.2, 0.25) is 5.91 Å². The normalized spacial score (nSPS) is 18.2. The molecule has 2 aromatic carbocycles. The van der Waals surface area contributed by atoms with Gasteiger partial charge in [0, 0.05) is 30.0 Å². The van der Waals surface area contributed by atoms with Gasteiger partial charge >= 0.3 is 0 Å². The lowest BCUT2D eigenvalue weighted by Crippen LogP contribution is -2.36. The van der Waals surface area contributed by atoms with Crippen molar-refractivity contribution >= 4 is 46.3 Å². The fourth-order valence-electron chi connectivity index (χ4n) is 3.71. The highest BCUT2D eigenvalue weighted by atomic mass is 32.2. The number of hydrogen-bond donors (Lipinski definition) is 1. The van der Waals surface area contributed by atoms with Gasteiger partial charge in [-0.1, -0.05) is 25.1 Å². The first kappa shape index (κ1) is 24.8. The van der Waals surface area contributed by atoms with Gasteiger partial charge in [-0.15, -0.1) is 0 Å². The number of nitrogens with zero attached hydrogens (tertiary/aromatic N) is 2. The molecule has 1 N–H and O–H groups in total. The van der Waals surface area contributed by atoms with Crippen molar-refractivity contribution in [1.82, 2.24) is 4.90 Å². The molecule has 2 saturated heterocycles. The molecule has 2 fully saturated rings. The van der Waals surface area contributed by atoms with Crippen molar-refractivity contribution in [3.63, 3.8) is 0 Å². The Hall–Kier alpha value is -3.30. The molecule has 184 valence electrons. The van der Waals surface area contributed by atoms with Crippen LogP contribution in [0.15, 0.2) is 53.4 Å². The van der Waals surface area contributed by atoms with Crippen LogP contribution in [0.1, 0.15) is 25.8 Å². The van der Waals surface area contributed by atoms with Crippen LogP contribution in [-0.2, 0) is 14.3 Å². The van der Waals surface area contributed by atoms with E-state index in [9.17, 15) is 14.4 Å². The molecule has 2 aliphatic heterocycles. The number of morpholine rings is 1. The van der Waals surface area contributed by atoms with Crippen molar-refractivity contribution in [2.24, 2.45) is 0 Å². The molecule has 0 saturated carbocycles. The number of benzene rings is 2. The molecule has 2 heterocycles. The van der Waals surface area contributed by atoms with Gasteiger partial charge < -0.3 is 19.7 Å². The Bertz CT molecular complexity index is 1110. The summed E-state index contributed by atoms with van der Waals surface area (Å²) in [5.74, 6) is -0.281. The van der Waals surface area contributed by atoms with Gasteiger partial charge in [0.1, 0.15) is 12.3 Å². The van der Waals surface area contributed by atoms with Crippen LogP contribution in [0.3, 0.4) is 0 Å². The zero-order valence-electron chi connectivity index (χ0n) is 19.9. The number of carbonyl (C=O) groups excluding carboxylic acids is 3. The molecular weight excluding hydrogens is 466 g/mol. The number of rotatable bonds is 8. The third-order valence-electron chi connectivity index (χ3n) is 5.81. The van der Waals surface area contributed by atoms with Crippen LogP contribution < -0.4 is 15.0 Å². The molecule has 3 amide bonds. The highest BCUT2D eigenvalue weighted by Gasteiger charge is 2.36. The second-order valence-electron chi connectivity index (χ2n) is 8.34. The van der Waals surface area contributed by atoms with Crippen molar-refractivity contribution in [2.45, 2.75) is 26.4 Å². The van der Waals surface area contributed by atoms with Gasteiger partial charge in [-0.2, -0.15) is 0 Å². The molecule has 0 spiro atoms. The van der Waals surface area contributed by atoms with E-state index in [-0.39, 0.29) is 17.6 Å². The molecule has 1 atom stereocenters. The maximum absolute atomic E-state index is 12.9. The molecule has 0 aromatic heterocycles. The first-order valence-electron chi connectivity index (χ1n) is 11.7. The second kappa shape index (κ2) is 11.4. The number of carbonyl (C=O) groups is 3. The standard InChI is InChI=1S/C26H29N3O5S/c1-3-18(2)34-22-7-5-4-6-19(22)16-23-25(31)29(26(32)35-23)17-24(30)27-20-8-10-21(11-9-20)28-12-14-33-15-13-28/h4-11,16,18H,3,12-15,17H2,1-2H3,(H,27,30)/b23-16+/t18-/m1/s1. The van der Waals surface area contributed by atoms with E-state index in [1.54, 1.807) is 6.08 Å². The number of para-hydroxylation sites is 1. The number of nitrogens with one attached hydrogen (secondary N) is 1. The lowest BCUT2D eigenvalue weighted by atomic mass is 10.1. The van der Waals surface area contributed by atoms with Crippen molar-refractivity contribution in [1.29, 1.82) is 0 Å². The summed E-state index contributed by atoms with van der Waals surface area (Å²) in [6, 6.07) is 14.9. The molecule has 9 heteroatoms. The number of anilines is 2. The van der Waals surface area contributed by atoms with Crippen LogP contribution in [0.2, 0.25) is 0 Å². The summed E-state index contributed by atoms with van der Waals surface area (Å²) in [6.45, 7) is 6.70. The van der Waals surface area contributed by atoms with Crippen molar-refractivity contribution < 1.29 is 23.9 Å². The molecular formula is C26H29N3O5S. The Labute approximate surface area is 209 Å². The molecule has 0 unspecified atom stereocenters. The Morgan fingerprint density at radius 3 is 2.57 bits per heavy atom. The predicted octanol–water partition coefficient (Wildman–Crippen LogP) is 4.38. The van der Waals surface area contributed by atoms with Gasteiger partial charge in [-0.3, -0.25) is 19.3 Å². The minimum absolute atomic E-state index is 0.0197. The molecule has 2 aliphatic rings. The van der Waals surface area contributed by atoms with Gasteiger partial charge in [0.15, 0.2) is 0 Å². The average molecular weight is 496 g/mol. The lowest BCUT2D eigenvalue weighted by Gasteiger charge is -2.28. The predicted molar refractivity (Wildman–Crippen MR) is 138 cm³/mol. The largest absolute Gasteiger partial charge is 0.490 e. The van der Waals surface area contributed by atoms with E-state index in [0.29, 0.717) is 30.2 Å². The molecule has 2 aromatic rings. The van der Waals surface area contributed by atoms with Crippen LogP contribution in [0.4, 0.5) is 16.2 Å². The minimum Gasteiger partial charge on any atom is -0.490 e. The van der Waals surface area contributed by atoms with Crippen LogP contribution in [0, 0.1) is 0 Å². The fourth-order valence-corrected chi connectivity index (χ4v) is 4.54. The monoisotopic (exact) mass is 495 g/mol. The van der Waals surface area contributed by atoms with E-state index in [2.05, 4.69) is 10.2 Å². The summed E-state index contributed by atoms with van der Waals surface area (Å²) in [7, 11) is 0. The summed E-state index contributed by atoms with van der Waals surface area (Å²) >= 11 is 0.823. The minimum atomic E-state index is -0.490. The van der Waals surface area contributed by atoms with E-state index in [1.807, 2.05) is 62.4 Å². The maximum atomic E-state index is 12.9. The zero-order chi connectivity index (χ0) is 24.8. The quantitative estimate of drug-likeness (QED) is 0.544. The SMILES string of the molecule is CC[C@@H](C)Oc1ccccc1/C=C1/SC(=O)N(CC(=O)Nc2ccc(N3CCOCC3)cc2)C1=O. The van der Waals surface area contributed by atoms with Gasteiger partial charge in [-0.05, 0) is 61.5 Å². The van der Waals surface area contributed by atoms with Crippen LogP contribution in [-0.4, -0.2) is 60.9 Å². The van der Waals surface area contributed by atoms with E-state index in [0.717, 1.165) is 41.9 Å². The number of ether oxygens (including phenoxy) is 2. The second-order valence-corrected chi connectivity index (χ2v) is 9.33. The average Bonchev–Trinajstić information content (AvgIpc) is 3.13. The summed E-state index contributed by atoms with van der Waals surface area (Å²) in [4.78, 5) is 41.4. The Morgan fingerprint density at radius 2 is 1.86 bits per heavy atom. The van der Waals surface area contributed by atoms with Gasteiger partial charge in [0.25, 0.3) is 11.1 Å². The first-order valence-corrected chi connectivity index (χ1v) is 12.5. The highest BCUT2D eigenvalue weighted by molar-refractivity contribution is 8.18. The molecule has 0 aliphatic carbocycles. The van der Waals surface area contributed by atoms with E-state index in [4.69, 9.17) is 9.47 Å².